The predicted molar refractivity (Wildman–Crippen MR) is 96.4 cm³/mol. The summed E-state index contributed by atoms with van der Waals surface area (Å²) in [7, 11) is 1.47. The van der Waals surface area contributed by atoms with Gasteiger partial charge in [0.05, 0.1) is 13.2 Å². The average Bonchev–Trinajstić information content (AvgIpc) is 2.54. The van der Waals surface area contributed by atoms with E-state index in [0.29, 0.717) is 21.5 Å². The summed E-state index contributed by atoms with van der Waals surface area (Å²) in [5.74, 6) is 0.788. The number of nitrogens with zero attached hydrogens (tertiary/aromatic N) is 2. The Hall–Kier alpha value is -2.97. The van der Waals surface area contributed by atoms with E-state index in [2.05, 4.69) is 20.9 Å². The lowest BCUT2D eigenvalue weighted by Crippen LogP contribution is -2.16. The van der Waals surface area contributed by atoms with Crippen LogP contribution in [-0.2, 0) is 0 Å². The summed E-state index contributed by atoms with van der Waals surface area (Å²) < 4.78 is 11.6. The van der Waals surface area contributed by atoms with Crippen molar-refractivity contribution in [3.8, 4) is 34.8 Å². The van der Waals surface area contributed by atoms with Crippen molar-refractivity contribution in [1.29, 1.82) is 10.5 Å². The molecule has 0 saturated heterocycles. The van der Waals surface area contributed by atoms with E-state index in [0.717, 1.165) is 0 Å². The number of rotatable bonds is 4. The van der Waals surface area contributed by atoms with E-state index >= 15 is 0 Å². The molecule has 8 heteroatoms. The highest BCUT2D eigenvalue weighted by Gasteiger charge is 2.22. The van der Waals surface area contributed by atoms with Crippen LogP contribution in [0.3, 0.4) is 0 Å². The molecule has 128 valence electrons. The summed E-state index contributed by atoms with van der Waals surface area (Å²) >= 11 is 3.41. The standard InChI is InChI=1S/C17H15BrN4O3/c1-8(2)25-14-5-12(18)9(4-13(14)24-3)15-10(6-19)16(21)22-17(23)11(15)7-20/h4-5,8H,1-3H3,(H3,21,22,23). The molecule has 0 amide bonds. The van der Waals surface area contributed by atoms with Crippen LogP contribution in [0.2, 0.25) is 0 Å². The molecule has 2 rings (SSSR count). The number of hydrogen-bond acceptors (Lipinski definition) is 6. The number of aromatic nitrogens is 1. The summed E-state index contributed by atoms with van der Waals surface area (Å²) in [4.78, 5) is 14.4. The first kappa shape index (κ1) is 18.4. The summed E-state index contributed by atoms with van der Waals surface area (Å²) in [5, 5.41) is 18.8. The Kier molecular flexibility index (Phi) is 5.35. The van der Waals surface area contributed by atoms with E-state index in [-0.39, 0.29) is 28.6 Å². The van der Waals surface area contributed by atoms with Crippen LogP contribution in [0.25, 0.3) is 11.1 Å². The van der Waals surface area contributed by atoms with Crippen LogP contribution in [0.5, 0.6) is 11.5 Å². The Bertz CT molecular complexity index is 968. The van der Waals surface area contributed by atoms with Gasteiger partial charge in [-0.1, -0.05) is 15.9 Å². The Balaban J connectivity index is 2.87. The van der Waals surface area contributed by atoms with Gasteiger partial charge in [0.1, 0.15) is 29.1 Å². The van der Waals surface area contributed by atoms with Crippen molar-refractivity contribution in [2.45, 2.75) is 20.0 Å². The Labute approximate surface area is 152 Å². The molecular formula is C17H15BrN4O3. The number of H-pyrrole nitrogens is 1. The number of nitrogens with one attached hydrogen (secondary N) is 1. The number of pyridine rings is 1. The Morgan fingerprint density at radius 3 is 2.36 bits per heavy atom. The third-order valence-corrected chi connectivity index (χ3v) is 4.01. The van der Waals surface area contributed by atoms with E-state index in [1.807, 2.05) is 26.0 Å². The molecule has 0 spiro atoms. The zero-order valence-corrected chi connectivity index (χ0v) is 15.4. The first-order chi connectivity index (χ1) is 11.8. The first-order valence-corrected chi connectivity index (χ1v) is 8.03. The smallest absolute Gasteiger partial charge is 0.268 e. The second-order valence-corrected chi connectivity index (χ2v) is 6.22. The minimum Gasteiger partial charge on any atom is -0.493 e. The molecule has 0 saturated carbocycles. The Morgan fingerprint density at radius 2 is 1.84 bits per heavy atom. The van der Waals surface area contributed by atoms with Gasteiger partial charge < -0.3 is 20.2 Å². The van der Waals surface area contributed by atoms with Crippen molar-refractivity contribution in [3.05, 3.63) is 38.1 Å². The number of methoxy groups -OCH3 is 1. The van der Waals surface area contributed by atoms with Gasteiger partial charge in [0.15, 0.2) is 11.5 Å². The molecular weight excluding hydrogens is 388 g/mol. The van der Waals surface area contributed by atoms with Crippen LogP contribution < -0.4 is 20.8 Å². The third kappa shape index (κ3) is 3.44. The molecule has 0 unspecified atom stereocenters. The first-order valence-electron chi connectivity index (χ1n) is 7.24. The van der Waals surface area contributed by atoms with Gasteiger partial charge in [-0.15, -0.1) is 0 Å². The fraction of sp³-hybridized carbons (Fsp3) is 0.235. The zero-order valence-electron chi connectivity index (χ0n) is 13.8. The molecule has 0 bridgehead atoms. The average molecular weight is 403 g/mol. The van der Waals surface area contributed by atoms with Gasteiger partial charge in [-0.3, -0.25) is 4.79 Å². The minimum absolute atomic E-state index is 0.0106. The maximum atomic E-state index is 12.1. The fourth-order valence-corrected chi connectivity index (χ4v) is 2.87. The van der Waals surface area contributed by atoms with Gasteiger partial charge in [0, 0.05) is 15.6 Å². The SMILES string of the molecule is COc1cc(-c2c(C#N)c(N)[nH]c(=O)c2C#N)c(Br)cc1OC(C)C. The van der Waals surface area contributed by atoms with E-state index in [1.54, 1.807) is 12.1 Å². The second-order valence-electron chi connectivity index (χ2n) is 5.37. The largest absolute Gasteiger partial charge is 0.493 e. The summed E-state index contributed by atoms with van der Waals surface area (Å²) in [6.45, 7) is 3.75. The van der Waals surface area contributed by atoms with Crippen molar-refractivity contribution >= 4 is 21.7 Å². The number of benzene rings is 1. The molecule has 0 aliphatic carbocycles. The predicted octanol–water partition coefficient (Wildman–Crippen LogP) is 2.93. The van der Waals surface area contributed by atoms with E-state index in [4.69, 9.17) is 15.2 Å². The van der Waals surface area contributed by atoms with Gasteiger partial charge in [0.25, 0.3) is 5.56 Å². The number of anilines is 1. The highest BCUT2D eigenvalue weighted by atomic mass is 79.9. The van der Waals surface area contributed by atoms with Crippen LogP contribution in [-0.4, -0.2) is 18.2 Å². The van der Waals surface area contributed by atoms with E-state index in [9.17, 15) is 15.3 Å². The van der Waals surface area contributed by atoms with Crippen molar-refractivity contribution < 1.29 is 9.47 Å². The van der Waals surface area contributed by atoms with Gasteiger partial charge in [-0.2, -0.15) is 10.5 Å². The molecule has 1 aromatic carbocycles. The van der Waals surface area contributed by atoms with Crippen molar-refractivity contribution in [2.24, 2.45) is 0 Å². The molecule has 3 N–H and O–H groups in total. The molecule has 0 aliphatic rings. The highest BCUT2D eigenvalue weighted by Crippen LogP contribution is 2.41. The van der Waals surface area contributed by atoms with E-state index < -0.39 is 5.56 Å². The summed E-state index contributed by atoms with van der Waals surface area (Å²) in [6, 6.07) is 7.02. The highest BCUT2D eigenvalue weighted by molar-refractivity contribution is 9.10. The molecule has 0 radical (unpaired) electrons. The minimum atomic E-state index is -0.664. The van der Waals surface area contributed by atoms with Gasteiger partial charge in [-0.05, 0) is 26.0 Å². The number of nitrogens with two attached hydrogens (primary N) is 1. The topological polar surface area (TPSA) is 125 Å². The Morgan fingerprint density at radius 1 is 1.20 bits per heavy atom. The van der Waals surface area contributed by atoms with Crippen LogP contribution in [0.1, 0.15) is 25.0 Å². The zero-order chi connectivity index (χ0) is 18.7. The third-order valence-electron chi connectivity index (χ3n) is 3.35. The molecule has 7 nitrogen and oxygen atoms in total. The van der Waals surface area contributed by atoms with Crippen LogP contribution in [0.15, 0.2) is 21.4 Å². The number of nitrogen functional groups attached to an aromatic ring is 1. The number of halogens is 1. The monoisotopic (exact) mass is 402 g/mol. The number of hydrogen-bond donors (Lipinski definition) is 2. The molecule has 1 heterocycles. The molecule has 1 aromatic heterocycles. The molecule has 25 heavy (non-hydrogen) atoms. The quantitative estimate of drug-likeness (QED) is 0.809. The van der Waals surface area contributed by atoms with Crippen molar-refractivity contribution in [1.82, 2.24) is 4.98 Å². The van der Waals surface area contributed by atoms with Crippen LogP contribution in [0.4, 0.5) is 5.82 Å². The van der Waals surface area contributed by atoms with Gasteiger partial charge >= 0.3 is 0 Å². The number of ether oxygens (including phenoxy) is 2. The summed E-state index contributed by atoms with van der Waals surface area (Å²) in [5.41, 5.74) is 5.47. The number of aromatic amines is 1. The summed E-state index contributed by atoms with van der Waals surface area (Å²) in [6.07, 6.45) is -0.0776. The van der Waals surface area contributed by atoms with Crippen molar-refractivity contribution in [2.75, 3.05) is 12.8 Å². The number of nitriles is 2. The molecule has 2 aromatic rings. The lowest BCUT2D eigenvalue weighted by atomic mass is 9.96. The lowest BCUT2D eigenvalue weighted by Gasteiger charge is -2.17. The van der Waals surface area contributed by atoms with E-state index in [1.165, 1.54) is 7.11 Å². The fourth-order valence-electron chi connectivity index (χ4n) is 2.34. The van der Waals surface area contributed by atoms with Gasteiger partial charge in [-0.25, -0.2) is 0 Å². The molecule has 0 aliphatic heterocycles. The van der Waals surface area contributed by atoms with Crippen LogP contribution in [0, 0.1) is 22.7 Å². The van der Waals surface area contributed by atoms with Crippen LogP contribution >= 0.6 is 15.9 Å². The maximum absolute atomic E-state index is 12.1. The molecule has 0 fully saturated rings. The van der Waals surface area contributed by atoms with Crippen molar-refractivity contribution in [3.63, 3.8) is 0 Å². The molecule has 0 atom stereocenters. The van der Waals surface area contributed by atoms with Gasteiger partial charge in [0.2, 0.25) is 0 Å². The normalized spacial score (nSPS) is 10.2. The second kappa shape index (κ2) is 7.29. The lowest BCUT2D eigenvalue weighted by molar-refractivity contribution is 0.230. The maximum Gasteiger partial charge on any atom is 0.268 e.